The molecular weight excluding hydrogens is 344 g/mol. The van der Waals surface area contributed by atoms with Gasteiger partial charge in [0.15, 0.2) is 0 Å². The summed E-state index contributed by atoms with van der Waals surface area (Å²) in [6.07, 6.45) is 1.62. The summed E-state index contributed by atoms with van der Waals surface area (Å²) in [5.74, 6) is -0.144. The molecule has 0 saturated carbocycles. The minimum atomic E-state index is -0.348. The van der Waals surface area contributed by atoms with Gasteiger partial charge in [-0.25, -0.2) is 13.8 Å². The van der Waals surface area contributed by atoms with Gasteiger partial charge in [-0.05, 0) is 48.5 Å². The number of nitrogens with zero attached hydrogens (tertiary/aromatic N) is 2. The van der Waals surface area contributed by atoms with Crippen molar-refractivity contribution < 1.29 is 8.78 Å². The standard InChI is InChI=1S/C22H15F2N3/c23-17-6-3-8-19(12-17)25-14-16-11-15-5-1-2-10-21(15)27-22(16)26-20-9-4-7-18(24)13-20/h1-14H,(H,26,27). The molecule has 4 rings (SSSR count). The van der Waals surface area contributed by atoms with Crippen LogP contribution in [0.2, 0.25) is 0 Å². The van der Waals surface area contributed by atoms with Crippen LogP contribution in [0.15, 0.2) is 83.9 Å². The molecule has 0 radical (unpaired) electrons. The summed E-state index contributed by atoms with van der Waals surface area (Å²) < 4.78 is 26.9. The van der Waals surface area contributed by atoms with Gasteiger partial charge in [-0.15, -0.1) is 0 Å². The van der Waals surface area contributed by atoms with Gasteiger partial charge >= 0.3 is 0 Å². The van der Waals surface area contributed by atoms with Crippen LogP contribution in [0.3, 0.4) is 0 Å². The van der Waals surface area contributed by atoms with E-state index >= 15 is 0 Å². The first-order chi connectivity index (χ1) is 13.2. The highest BCUT2D eigenvalue weighted by molar-refractivity contribution is 5.95. The Kier molecular flexibility index (Phi) is 4.58. The van der Waals surface area contributed by atoms with E-state index in [-0.39, 0.29) is 11.6 Å². The second kappa shape index (κ2) is 7.33. The second-order valence-corrected chi connectivity index (χ2v) is 5.99. The molecular formula is C22H15F2N3. The van der Waals surface area contributed by atoms with Gasteiger partial charge in [0.25, 0.3) is 0 Å². The van der Waals surface area contributed by atoms with Crippen LogP contribution in [-0.2, 0) is 0 Å². The van der Waals surface area contributed by atoms with Gasteiger partial charge < -0.3 is 5.32 Å². The Labute approximate surface area is 155 Å². The lowest BCUT2D eigenvalue weighted by atomic mass is 10.1. The molecule has 0 amide bonds. The number of fused-ring (bicyclic) bond motifs is 1. The molecule has 0 unspecified atom stereocenters. The van der Waals surface area contributed by atoms with Crippen LogP contribution in [0, 0.1) is 11.6 Å². The van der Waals surface area contributed by atoms with E-state index in [1.165, 1.54) is 24.3 Å². The van der Waals surface area contributed by atoms with Crippen LogP contribution < -0.4 is 5.32 Å². The molecule has 4 aromatic rings. The number of aromatic nitrogens is 1. The first-order valence-corrected chi connectivity index (χ1v) is 8.39. The predicted molar refractivity (Wildman–Crippen MR) is 105 cm³/mol. The zero-order chi connectivity index (χ0) is 18.6. The van der Waals surface area contributed by atoms with Crippen molar-refractivity contribution in [3.8, 4) is 0 Å². The average molecular weight is 359 g/mol. The van der Waals surface area contributed by atoms with Gasteiger partial charge in [-0.3, -0.25) is 4.99 Å². The first-order valence-electron chi connectivity index (χ1n) is 8.39. The summed E-state index contributed by atoms with van der Waals surface area (Å²) in [7, 11) is 0. The summed E-state index contributed by atoms with van der Waals surface area (Å²) in [6, 6.07) is 21.8. The number of hydrogen-bond donors (Lipinski definition) is 1. The molecule has 1 N–H and O–H groups in total. The molecule has 0 saturated heterocycles. The highest BCUT2D eigenvalue weighted by Gasteiger charge is 2.07. The molecule has 0 spiro atoms. The van der Waals surface area contributed by atoms with Crippen molar-refractivity contribution in [1.82, 2.24) is 4.98 Å². The van der Waals surface area contributed by atoms with Gasteiger partial charge in [-0.2, -0.15) is 0 Å². The summed E-state index contributed by atoms with van der Waals surface area (Å²) in [6.45, 7) is 0. The molecule has 0 aliphatic heterocycles. The topological polar surface area (TPSA) is 37.3 Å². The third-order valence-corrected chi connectivity index (χ3v) is 4.00. The third-order valence-electron chi connectivity index (χ3n) is 4.00. The number of anilines is 2. The Hall–Kier alpha value is -3.60. The number of rotatable bonds is 4. The molecule has 3 aromatic carbocycles. The fourth-order valence-corrected chi connectivity index (χ4v) is 2.73. The number of hydrogen-bond acceptors (Lipinski definition) is 3. The fourth-order valence-electron chi connectivity index (χ4n) is 2.73. The number of benzene rings is 3. The van der Waals surface area contributed by atoms with Crippen molar-refractivity contribution in [1.29, 1.82) is 0 Å². The van der Waals surface area contributed by atoms with Gasteiger partial charge in [0, 0.05) is 22.9 Å². The van der Waals surface area contributed by atoms with Crippen molar-refractivity contribution in [2.24, 2.45) is 4.99 Å². The van der Waals surface area contributed by atoms with Gasteiger partial charge in [-0.1, -0.05) is 30.3 Å². The molecule has 0 atom stereocenters. The maximum Gasteiger partial charge on any atom is 0.139 e. The zero-order valence-corrected chi connectivity index (χ0v) is 14.2. The highest BCUT2D eigenvalue weighted by Crippen LogP contribution is 2.24. The monoisotopic (exact) mass is 359 g/mol. The zero-order valence-electron chi connectivity index (χ0n) is 14.2. The normalized spacial score (nSPS) is 11.2. The number of pyridine rings is 1. The summed E-state index contributed by atoms with van der Waals surface area (Å²) in [5, 5.41) is 4.08. The molecule has 1 heterocycles. The van der Waals surface area contributed by atoms with Crippen LogP contribution in [-0.4, -0.2) is 11.2 Å². The summed E-state index contributed by atoms with van der Waals surface area (Å²) in [5.41, 5.74) is 2.60. The van der Waals surface area contributed by atoms with E-state index < -0.39 is 0 Å². The van der Waals surface area contributed by atoms with E-state index in [0.717, 1.165) is 10.9 Å². The maximum absolute atomic E-state index is 13.5. The van der Waals surface area contributed by atoms with Crippen molar-refractivity contribution in [2.45, 2.75) is 0 Å². The van der Waals surface area contributed by atoms with Crippen LogP contribution in [0.4, 0.5) is 26.0 Å². The molecule has 27 heavy (non-hydrogen) atoms. The van der Waals surface area contributed by atoms with E-state index in [0.29, 0.717) is 22.8 Å². The number of aliphatic imine (C=N–C) groups is 1. The van der Waals surface area contributed by atoms with Gasteiger partial charge in [0.1, 0.15) is 17.5 Å². The van der Waals surface area contributed by atoms with E-state index in [4.69, 9.17) is 0 Å². The Morgan fingerprint density at radius 1 is 0.815 bits per heavy atom. The van der Waals surface area contributed by atoms with E-state index in [1.54, 1.807) is 30.5 Å². The third kappa shape index (κ3) is 3.98. The molecule has 0 aliphatic rings. The SMILES string of the molecule is Fc1cccc(N=Cc2cc3ccccc3nc2Nc2cccc(F)c2)c1. The van der Waals surface area contributed by atoms with E-state index in [1.807, 2.05) is 30.3 Å². The maximum atomic E-state index is 13.5. The number of halogens is 2. The Bertz CT molecular complexity index is 1140. The van der Waals surface area contributed by atoms with Crippen LogP contribution in [0.1, 0.15) is 5.56 Å². The van der Waals surface area contributed by atoms with Crippen LogP contribution in [0.5, 0.6) is 0 Å². The minimum absolute atomic E-state index is 0.337. The first kappa shape index (κ1) is 16.8. The molecule has 132 valence electrons. The van der Waals surface area contributed by atoms with Crippen LogP contribution in [0.25, 0.3) is 10.9 Å². The van der Waals surface area contributed by atoms with Crippen molar-refractivity contribution in [3.63, 3.8) is 0 Å². The average Bonchev–Trinajstić information content (AvgIpc) is 2.66. The molecule has 0 aliphatic carbocycles. The van der Waals surface area contributed by atoms with Gasteiger partial charge in [0.05, 0.1) is 11.2 Å². The molecule has 0 bridgehead atoms. The minimum Gasteiger partial charge on any atom is -0.340 e. The predicted octanol–water partition coefficient (Wildman–Crippen LogP) is 6.01. The molecule has 0 fully saturated rings. The van der Waals surface area contributed by atoms with E-state index in [9.17, 15) is 8.78 Å². The molecule has 3 nitrogen and oxygen atoms in total. The van der Waals surface area contributed by atoms with Crippen molar-refractivity contribution in [3.05, 3.63) is 96.1 Å². The summed E-state index contributed by atoms with van der Waals surface area (Å²) >= 11 is 0. The summed E-state index contributed by atoms with van der Waals surface area (Å²) in [4.78, 5) is 8.98. The largest absolute Gasteiger partial charge is 0.340 e. The number of nitrogens with one attached hydrogen (secondary N) is 1. The van der Waals surface area contributed by atoms with E-state index in [2.05, 4.69) is 15.3 Å². The Balaban J connectivity index is 1.77. The lowest BCUT2D eigenvalue weighted by Crippen LogP contribution is -1.99. The van der Waals surface area contributed by atoms with Crippen molar-refractivity contribution >= 4 is 34.3 Å². The molecule has 5 heteroatoms. The fraction of sp³-hybridized carbons (Fsp3) is 0. The molecule has 1 aromatic heterocycles. The highest BCUT2D eigenvalue weighted by atomic mass is 19.1. The number of para-hydroxylation sites is 1. The Morgan fingerprint density at radius 2 is 1.59 bits per heavy atom. The lowest BCUT2D eigenvalue weighted by Gasteiger charge is -2.10. The second-order valence-electron chi connectivity index (χ2n) is 5.99. The Morgan fingerprint density at radius 3 is 2.41 bits per heavy atom. The lowest BCUT2D eigenvalue weighted by molar-refractivity contribution is 0.628. The van der Waals surface area contributed by atoms with Crippen molar-refractivity contribution in [2.75, 3.05) is 5.32 Å². The quantitative estimate of drug-likeness (QED) is 0.453. The smallest absolute Gasteiger partial charge is 0.139 e. The van der Waals surface area contributed by atoms with Crippen LogP contribution >= 0.6 is 0 Å². The van der Waals surface area contributed by atoms with Gasteiger partial charge in [0.2, 0.25) is 0 Å².